The second kappa shape index (κ2) is 8.10. The number of nitrogens with one attached hydrogen (secondary N) is 1. The van der Waals surface area contributed by atoms with Crippen LogP contribution in [0.1, 0.15) is 23.6 Å². The summed E-state index contributed by atoms with van der Waals surface area (Å²) in [6, 6.07) is 10.9. The van der Waals surface area contributed by atoms with Crippen molar-refractivity contribution in [3.8, 4) is 0 Å². The Kier molecular flexibility index (Phi) is 5.63. The summed E-state index contributed by atoms with van der Waals surface area (Å²) in [5, 5.41) is 2.94. The second-order valence-electron chi connectivity index (χ2n) is 6.49. The lowest BCUT2D eigenvalue weighted by Crippen LogP contribution is -2.59. The van der Waals surface area contributed by atoms with Crippen LogP contribution >= 0.6 is 0 Å². The van der Waals surface area contributed by atoms with Crippen molar-refractivity contribution in [1.82, 2.24) is 15.2 Å². The van der Waals surface area contributed by atoms with Crippen LogP contribution in [0.2, 0.25) is 0 Å². The number of benzene rings is 1. The summed E-state index contributed by atoms with van der Waals surface area (Å²) in [4.78, 5) is 30.9. The van der Waals surface area contributed by atoms with E-state index in [0.29, 0.717) is 13.1 Å². The van der Waals surface area contributed by atoms with Gasteiger partial charge in [-0.1, -0.05) is 30.3 Å². The molecule has 3 rings (SSSR count). The molecule has 0 unspecified atom stereocenters. The first kappa shape index (κ1) is 18.1. The number of ether oxygens (including phenoxy) is 1. The van der Waals surface area contributed by atoms with Gasteiger partial charge in [-0.2, -0.15) is 0 Å². The highest BCUT2D eigenvalue weighted by atomic mass is 16.5. The van der Waals surface area contributed by atoms with Crippen LogP contribution in [0.3, 0.4) is 0 Å². The Labute approximate surface area is 153 Å². The molecule has 26 heavy (non-hydrogen) atoms. The van der Waals surface area contributed by atoms with Gasteiger partial charge in [-0.15, -0.1) is 0 Å². The lowest BCUT2D eigenvalue weighted by molar-refractivity contribution is -0.163. The molecule has 0 saturated carbocycles. The summed E-state index contributed by atoms with van der Waals surface area (Å²) >= 11 is 0. The molecule has 1 N–H and O–H groups in total. The van der Waals surface area contributed by atoms with Crippen molar-refractivity contribution in [3.63, 3.8) is 0 Å². The van der Waals surface area contributed by atoms with Crippen LogP contribution in [0.4, 0.5) is 0 Å². The average Bonchev–Trinajstić information content (AvgIpc) is 2.65. The Morgan fingerprint density at radius 1 is 1.31 bits per heavy atom. The van der Waals surface area contributed by atoms with E-state index in [9.17, 15) is 9.59 Å². The molecule has 0 aliphatic carbocycles. The van der Waals surface area contributed by atoms with E-state index in [1.165, 1.54) is 0 Å². The molecule has 1 aromatic heterocycles. The lowest BCUT2D eigenvalue weighted by atomic mass is 10.1. The molecule has 0 bridgehead atoms. The van der Waals surface area contributed by atoms with E-state index in [-0.39, 0.29) is 24.5 Å². The molecule has 1 aliphatic rings. The molecule has 6 heteroatoms. The fraction of sp³-hybridized carbons (Fsp3) is 0.350. The number of hydrogen-bond acceptors (Lipinski definition) is 4. The van der Waals surface area contributed by atoms with Crippen molar-refractivity contribution in [3.05, 3.63) is 65.5 Å². The van der Waals surface area contributed by atoms with Gasteiger partial charge in [0.05, 0.1) is 6.10 Å². The number of carbonyl (C=O) groups excluding carboxylic acids is 2. The Hall–Kier alpha value is -2.73. The predicted molar refractivity (Wildman–Crippen MR) is 97.0 cm³/mol. The van der Waals surface area contributed by atoms with E-state index in [1.807, 2.05) is 50.2 Å². The zero-order valence-electron chi connectivity index (χ0n) is 15.0. The number of aromatic nitrogens is 1. The van der Waals surface area contributed by atoms with Gasteiger partial charge >= 0.3 is 0 Å². The van der Waals surface area contributed by atoms with Gasteiger partial charge in [-0.3, -0.25) is 14.6 Å². The molecular weight excluding hydrogens is 330 g/mol. The number of rotatable bonds is 5. The molecule has 1 fully saturated rings. The Bertz CT molecular complexity index is 779. The highest BCUT2D eigenvalue weighted by Gasteiger charge is 2.39. The van der Waals surface area contributed by atoms with Gasteiger partial charge in [0, 0.05) is 25.5 Å². The SMILES string of the molecule is Cc1cnccc1CNC(=O)[C@@H]1[C@@H](C)OCC(=O)N1Cc1ccccc1. The van der Waals surface area contributed by atoms with Crippen LogP contribution in [0.5, 0.6) is 0 Å². The number of amides is 2. The number of pyridine rings is 1. The number of nitrogens with zero attached hydrogens (tertiary/aromatic N) is 2. The molecule has 2 amide bonds. The number of morpholine rings is 1. The first-order valence-electron chi connectivity index (χ1n) is 8.68. The van der Waals surface area contributed by atoms with Crippen molar-refractivity contribution < 1.29 is 14.3 Å². The van der Waals surface area contributed by atoms with Gasteiger partial charge in [0.2, 0.25) is 11.8 Å². The summed E-state index contributed by atoms with van der Waals surface area (Å²) in [5.74, 6) is -0.384. The first-order valence-corrected chi connectivity index (χ1v) is 8.68. The second-order valence-corrected chi connectivity index (χ2v) is 6.49. The van der Waals surface area contributed by atoms with E-state index < -0.39 is 6.04 Å². The quantitative estimate of drug-likeness (QED) is 0.890. The highest BCUT2D eigenvalue weighted by molar-refractivity contribution is 5.89. The minimum atomic E-state index is -0.654. The third kappa shape index (κ3) is 4.08. The molecule has 136 valence electrons. The van der Waals surface area contributed by atoms with Gasteiger partial charge < -0.3 is 15.0 Å². The minimum absolute atomic E-state index is 0.00123. The van der Waals surface area contributed by atoms with Gasteiger partial charge in [-0.25, -0.2) is 0 Å². The van der Waals surface area contributed by atoms with Crippen molar-refractivity contribution in [1.29, 1.82) is 0 Å². The molecule has 1 aromatic carbocycles. The summed E-state index contributed by atoms with van der Waals surface area (Å²) < 4.78 is 5.51. The Morgan fingerprint density at radius 3 is 2.81 bits per heavy atom. The highest BCUT2D eigenvalue weighted by Crippen LogP contribution is 2.19. The molecule has 1 aliphatic heterocycles. The zero-order valence-corrected chi connectivity index (χ0v) is 15.0. The van der Waals surface area contributed by atoms with Crippen LogP contribution in [0, 0.1) is 6.92 Å². The Morgan fingerprint density at radius 2 is 2.08 bits per heavy atom. The first-order chi connectivity index (χ1) is 12.6. The zero-order chi connectivity index (χ0) is 18.5. The maximum absolute atomic E-state index is 12.8. The van der Waals surface area contributed by atoms with Gasteiger partial charge in [0.1, 0.15) is 12.6 Å². The Balaban J connectivity index is 1.73. The summed E-state index contributed by atoms with van der Waals surface area (Å²) in [6.07, 6.45) is 3.10. The summed E-state index contributed by atoms with van der Waals surface area (Å²) in [7, 11) is 0. The third-order valence-electron chi connectivity index (χ3n) is 4.62. The average molecular weight is 353 g/mol. The van der Waals surface area contributed by atoms with Crippen LogP contribution in [-0.4, -0.2) is 40.5 Å². The standard InChI is InChI=1S/C20H23N3O3/c1-14-10-21-9-8-17(14)11-22-20(25)19-15(2)26-13-18(24)23(19)12-16-6-4-3-5-7-16/h3-10,15,19H,11-13H2,1-2H3,(H,22,25)/t15-,19+/m1/s1. The smallest absolute Gasteiger partial charge is 0.249 e. The molecule has 2 heterocycles. The molecular formula is C20H23N3O3. The topological polar surface area (TPSA) is 71.5 Å². The maximum Gasteiger partial charge on any atom is 0.249 e. The van der Waals surface area contributed by atoms with E-state index in [1.54, 1.807) is 17.3 Å². The van der Waals surface area contributed by atoms with E-state index in [4.69, 9.17) is 4.74 Å². The van der Waals surface area contributed by atoms with E-state index >= 15 is 0 Å². The lowest BCUT2D eigenvalue weighted by Gasteiger charge is -2.38. The van der Waals surface area contributed by atoms with Gasteiger partial charge in [0.15, 0.2) is 0 Å². The number of hydrogen-bond donors (Lipinski definition) is 1. The fourth-order valence-corrected chi connectivity index (χ4v) is 3.09. The largest absolute Gasteiger partial charge is 0.366 e. The fourth-order valence-electron chi connectivity index (χ4n) is 3.09. The normalized spacial score (nSPS) is 20.1. The predicted octanol–water partition coefficient (Wildman–Crippen LogP) is 1.82. The minimum Gasteiger partial charge on any atom is -0.366 e. The van der Waals surface area contributed by atoms with Crippen molar-refractivity contribution >= 4 is 11.8 Å². The molecule has 0 radical (unpaired) electrons. The molecule has 2 aromatic rings. The van der Waals surface area contributed by atoms with Crippen LogP contribution in [0.15, 0.2) is 48.8 Å². The molecule has 0 spiro atoms. The van der Waals surface area contributed by atoms with Crippen LogP contribution in [0.25, 0.3) is 0 Å². The number of carbonyl (C=O) groups is 2. The monoisotopic (exact) mass is 353 g/mol. The molecule has 1 saturated heterocycles. The van der Waals surface area contributed by atoms with E-state index in [0.717, 1.165) is 16.7 Å². The van der Waals surface area contributed by atoms with Gasteiger partial charge in [-0.05, 0) is 36.6 Å². The molecule has 2 atom stereocenters. The van der Waals surface area contributed by atoms with Crippen LogP contribution in [-0.2, 0) is 27.4 Å². The van der Waals surface area contributed by atoms with Crippen LogP contribution < -0.4 is 5.32 Å². The third-order valence-corrected chi connectivity index (χ3v) is 4.62. The maximum atomic E-state index is 12.8. The molecule has 6 nitrogen and oxygen atoms in total. The van der Waals surface area contributed by atoms with Crippen molar-refractivity contribution in [2.24, 2.45) is 0 Å². The summed E-state index contributed by atoms with van der Waals surface area (Å²) in [5.41, 5.74) is 2.99. The van der Waals surface area contributed by atoms with E-state index in [2.05, 4.69) is 10.3 Å². The van der Waals surface area contributed by atoms with Crippen molar-refractivity contribution in [2.75, 3.05) is 6.61 Å². The summed E-state index contributed by atoms with van der Waals surface area (Å²) in [6.45, 7) is 4.56. The number of aryl methyl sites for hydroxylation is 1. The van der Waals surface area contributed by atoms with Gasteiger partial charge in [0.25, 0.3) is 0 Å². The van der Waals surface area contributed by atoms with Crippen molar-refractivity contribution in [2.45, 2.75) is 39.1 Å².